The molecular formula is C40H26O6. The monoisotopic (exact) mass is 602 g/mol. The fraction of sp³-hybridized carbons (Fsp3) is 0.0500. The fourth-order valence-corrected chi connectivity index (χ4v) is 4.82. The summed E-state index contributed by atoms with van der Waals surface area (Å²) >= 11 is 0. The number of hydrogen-bond donors (Lipinski definition) is 2. The summed E-state index contributed by atoms with van der Waals surface area (Å²) in [5, 5.41) is 21.2. The molecule has 6 nitrogen and oxygen atoms in total. The van der Waals surface area contributed by atoms with Gasteiger partial charge in [0.2, 0.25) is 0 Å². The molecule has 2 N–H and O–H groups in total. The summed E-state index contributed by atoms with van der Waals surface area (Å²) in [6.45, 7) is 0. The lowest BCUT2D eigenvalue weighted by molar-refractivity contribution is 0.0742. The SMILES string of the molecule is O=Cc1c(C#Cc2ccc(C#Cc3cccc(C(=O)C(O)c4ccccc4)c3C=O)cc2)cccc1C(=O)C(O)c1ccccc1. The second kappa shape index (κ2) is 14.5. The standard InChI is InChI=1S/C40H26O6/c41-25-35-29(13-7-15-33(35)39(45)37(43)31-9-3-1-4-10-31)23-21-27-17-19-28(20-18-27)22-24-30-14-8-16-34(36(30)26-42)40(46)38(44)32-11-5-2-6-12-32/h1-20,25-26,37-38,43-44H. The van der Waals surface area contributed by atoms with Gasteiger partial charge in [-0.05, 0) is 47.5 Å². The Balaban J connectivity index is 1.35. The smallest absolute Gasteiger partial charge is 0.196 e. The van der Waals surface area contributed by atoms with Gasteiger partial charge in [0.1, 0.15) is 12.2 Å². The second-order valence-corrected chi connectivity index (χ2v) is 10.2. The second-order valence-electron chi connectivity index (χ2n) is 10.2. The molecule has 0 aliphatic carbocycles. The third-order valence-electron chi connectivity index (χ3n) is 7.27. The number of ketones is 2. The maximum absolute atomic E-state index is 13.0. The number of rotatable bonds is 8. The number of aldehydes is 2. The molecule has 5 rings (SSSR count). The molecule has 2 atom stereocenters. The minimum Gasteiger partial charge on any atom is -0.380 e. The van der Waals surface area contributed by atoms with Crippen LogP contribution in [-0.4, -0.2) is 34.4 Å². The summed E-state index contributed by atoms with van der Waals surface area (Å²) in [5.74, 6) is 10.7. The van der Waals surface area contributed by atoms with Crippen LogP contribution in [0, 0.1) is 23.7 Å². The number of carbonyl (C=O) groups excluding carboxylic acids is 4. The Kier molecular flexibility index (Phi) is 9.87. The highest BCUT2D eigenvalue weighted by Crippen LogP contribution is 2.23. The van der Waals surface area contributed by atoms with Crippen molar-refractivity contribution in [1.82, 2.24) is 0 Å². The minimum atomic E-state index is -1.41. The molecule has 0 saturated heterocycles. The van der Waals surface area contributed by atoms with Crippen LogP contribution in [0.5, 0.6) is 0 Å². The van der Waals surface area contributed by atoms with E-state index in [0.29, 0.717) is 46.0 Å². The Morgan fingerprint density at radius 2 is 0.848 bits per heavy atom. The predicted molar refractivity (Wildman–Crippen MR) is 174 cm³/mol. The molecule has 0 radical (unpaired) electrons. The molecule has 5 aromatic carbocycles. The van der Waals surface area contributed by atoms with Gasteiger partial charge in [-0.1, -0.05) is 109 Å². The van der Waals surface area contributed by atoms with Crippen LogP contribution in [0.4, 0.5) is 0 Å². The van der Waals surface area contributed by atoms with Crippen molar-refractivity contribution in [3.63, 3.8) is 0 Å². The highest BCUT2D eigenvalue weighted by Gasteiger charge is 2.24. The third-order valence-corrected chi connectivity index (χ3v) is 7.27. The Bertz CT molecular complexity index is 1890. The van der Waals surface area contributed by atoms with Gasteiger partial charge >= 0.3 is 0 Å². The summed E-state index contributed by atoms with van der Waals surface area (Å²) < 4.78 is 0. The van der Waals surface area contributed by atoms with E-state index in [1.807, 2.05) is 0 Å². The van der Waals surface area contributed by atoms with E-state index in [2.05, 4.69) is 23.7 Å². The molecule has 0 bridgehead atoms. The van der Waals surface area contributed by atoms with Crippen LogP contribution in [0.1, 0.15) is 87.0 Å². The van der Waals surface area contributed by atoms with Crippen LogP contribution < -0.4 is 0 Å². The lowest BCUT2D eigenvalue weighted by Crippen LogP contribution is -2.15. The lowest BCUT2D eigenvalue weighted by Gasteiger charge is -2.12. The van der Waals surface area contributed by atoms with E-state index in [0.717, 1.165) is 0 Å². The van der Waals surface area contributed by atoms with Crippen LogP contribution in [0.15, 0.2) is 121 Å². The quantitative estimate of drug-likeness (QED) is 0.129. The average molecular weight is 603 g/mol. The van der Waals surface area contributed by atoms with Gasteiger partial charge in [0.25, 0.3) is 0 Å². The summed E-state index contributed by atoms with van der Waals surface area (Å²) in [7, 11) is 0. The molecule has 0 aromatic heterocycles. The number of carbonyl (C=O) groups is 4. The Hall–Kier alpha value is -6.18. The van der Waals surface area contributed by atoms with Crippen LogP contribution in [-0.2, 0) is 0 Å². The molecule has 0 saturated carbocycles. The molecule has 0 amide bonds. The minimum absolute atomic E-state index is 0.0822. The van der Waals surface area contributed by atoms with E-state index >= 15 is 0 Å². The summed E-state index contributed by atoms with van der Waals surface area (Å²) in [5.41, 5.74) is 3.15. The van der Waals surface area contributed by atoms with E-state index in [9.17, 15) is 29.4 Å². The van der Waals surface area contributed by atoms with Crippen LogP contribution in [0.25, 0.3) is 0 Å². The topological polar surface area (TPSA) is 109 Å². The number of aliphatic hydroxyl groups excluding tert-OH is 2. The van der Waals surface area contributed by atoms with Crippen LogP contribution in [0.2, 0.25) is 0 Å². The van der Waals surface area contributed by atoms with Crippen molar-refractivity contribution in [1.29, 1.82) is 0 Å². The van der Waals surface area contributed by atoms with Crippen molar-refractivity contribution < 1.29 is 29.4 Å². The highest BCUT2D eigenvalue weighted by atomic mass is 16.3. The normalized spacial score (nSPS) is 11.5. The first-order valence-corrected chi connectivity index (χ1v) is 14.3. The summed E-state index contributed by atoms with van der Waals surface area (Å²) in [4.78, 5) is 50.0. The number of aliphatic hydroxyl groups is 2. The zero-order valence-corrected chi connectivity index (χ0v) is 24.4. The van der Waals surface area contributed by atoms with Gasteiger partial charge < -0.3 is 10.2 Å². The molecule has 5 aromatic rings. The van der Waals surface area contributed by atoms with Crippen molar-refractivity contribution in [2.45, 2.75) is 12.2 Å². The van der Waals surface area contributed by atoms with Crippen molar-refractivity contribution in [3.8, 4) is 23.7 Å². The van der Waals surface area contributed by atoms with Gasteiger partial charge in [-0.15, -0.1) is 0 Å². The van der Waals surface area contributed by atoms with Gasteiger partial charge in [-0.2, -0.15) is 0 Å². The highest BCUT2D eigenvalue weighted by molar-refractivity contribution is 6.07. The Morgan fingerprint density at radius 3 is 1.20 bits per heavy atom. The van der Waals surface area contributed by atoms with E-state index in [1.165, 1.54) is 12.1 Å². The average Bonchev–Trinajstić information content (AvgIpc) is 3.12. The van der Waals surface area contributed by atoms with E-state index in [4.69, 9.17) is 0 Å². The first-order valence-electron chi connectivity index (χ1n) is 14.3. The molecule has 0 aliphatic heterocycles. The van der Waals surface area contributed by atoms with Crippen molar-refractivity contribution in [3.05, 3.63) is 177 Å². The van der Waals surface area contributed by atoms with Crippen LogP contribution in [0.3, 0.4) is 0 Å². The van der Waals surface area contributed by atoms with E-state index < -0.39 is 23.8 Å². The molecular weight excluding hydrogens is 576 g/mol. The molecule has 0 spiro atoms. The summed E-state index contributed by atoms with van der Waals surface area (Å²) in [6, 6.07) is 33.4. The number of hydrogen-bond acceptors (Lipinski definition) is 6. The first-order chi connectivity index (χ1) is 22.4. The summed E-state index contributed by atoms with van der Waals surface area (Å²) in [6.07, 6.45) is -1.70. The van der Waals surface area contributed by atoms with Crippen LogP contribution >= 0.6 is 0 Å². The largest absolute Gasteiger partial charge is 0.380 e. The Morgan fingerprint density at radius 1 is 0.478 bits per heavy atom. The molecule has 46 heavy (non-hydrogen) atoms. The van der Waals surface area contributed by atoms with Crippen molar-refractivity contribution in [2.24, 2.45) is 0 Å². The van der Waals surface area contributed by atoms with E-state index in [-0.39, 0.29) is 22.3 Å². The predicted octanol–water partition coefficient (Wildman–Crippen LogP) is 5.94. The molecule has 6 heteroatoms. The lowest BCUT2D eigenvalue weighted by atomic mass is 9.93. The molecule has 0 heterocycles. The third kappa shape index (κ3) is 6.96. The van der Waals surface area contributed by atoms with Gasteiger partial charge in [0.05, 0.1) is 0 Å². The van der Waals surface area contributed by atoms with Crippen molar-refractivity contribution in [2.75, 3.05) is 0 Å². The number of Topliss-reactive ketones (excluding diaryl/α,β-unsaturated/α-hetero) is 2. The maximum Gasteiger partial charge on any atom is 0.196 e. The Labute approximate surface area is 266 Å². The fourth-order valence-electron chi connectivity index (χ4n) is 4.82. The van der Waals surface area contributed by atoms with Gasteiger partial charge in [-0.3, -0.25) is 19.2 Å². The van der Waals surface area contributed by atoms with Gasteiger partial charge in [-0.25, -0.2) is 0 Å². The number of benzene rings is 5. The molecule has 222 valence electrons. The van der Waals surface area contributed by atoms with E-state index in [1.54, 1.807) is 109 Å². The molecule has 2 unspecified atom stereocenters. The van der Waals surface area contributed by atoms with Gasteiger partial charge in [0.15, 0.2) is 24.1 Å². The van der Waals surface area contributed by atoms with Crippen molar-refractivity contribution >= 4 is 24.1 Å². The molecule has 0 aliphatic rings. The maximum atomic E-state index is 13.0. The first kappa shape index (κ1) is 31.3. The zero-order chi connectivity index (χ0) is 32.5. The van der Waals surface area contributed by atoms with Gasteiger partial charge in [0, 0.05) is 44.5 Å². The zero-order valence-electron chi connectivity index (χ0n) is 24.4. The molecule has 0 fully saturated rings.